The monoisotopic (exact) mass is 278 g/mol. The van der Waals surface area contributed by atoms with Gasteiger partial charge in [-0.25, -0.2) is 0 Å². The van der Waals surface area contributed by atoms with Crippen LogP contribution >= 0.6 is 0 Å². The van der Waals surface area contributed by atoms with Crippen molar-refractivity contribution >= 4 is 11.8 Å². The number of carbonyl (C=O) groups excluding carboxylic acids is 2. The first-order valence-corrected chi connectivity index (χ1v) is 6.54. The molecule has 108 valence electrons. The molecule has 1 aromatic rings. The molecule has 0 saturated carbocycles. The summed E-state index contributed by atoms with van der Waals surface area (Å²) >= 11 is 0. The molecule has 2 rings (SSSR count). The van der Waals surface area contributed by atoms with E-state index in [1.807, 2.05) is 6.07 Å². The summed E-state index contributed by atoms with van der Waals surface area (Å²) in [7, 11) is 1.28. The van der Waals surface area contributed by atoms with Crippen LogP contribution in [0.1, 0.15) is 13.8 Å². The fraction of sp³-hybridized carbons (Fsp3) is 0.467. The number of esters is 1. The molecule has 0 fully saturated rings. The summed E-state index contributed by atoms with van der Waals surface area (Å²) in [5.74, 6) is -0.705. The van der Waals surface area contributed by atoms with Crippen molar-refractivity contribution in [1.29, 1.82) is 0 Å². The van der Waals surface area contributed by atoms with Crippen molar-refractivity contribution in [1.82, 2.24) is 0 Å². The summed E-state index contributed by atoms with van der Waals surface area (Å²) < 4.78 is 15.8. The Kier molecular flexibility index (Phi) is 4.27. The van der Waals surface area contributed by atoms with E-state index in [-0.39, 0.29) is 18.3 Å². The van der Waals surface area contributed by atoms with Gasteiger partial charge in [-0.05, 0) is 18.1 Å². The zero-order valence-corrected chi connectivity index (χ0v) is 11.8. The first-order valence-electron chi connectivity index (χ1n) is 6.54. The molecule has 0 amide bonds. The molecular formula is C15H18O5. The largest absolute Gasteiger partial charge is 0.485 e. The van der Waals surface area contributed by atoms with Crippen LogP contribution in [0.2, 0.25) is 0 Å². The molecule has 5 heteroatoms. The van der Waals surface area contributed by atoms with Gasteiger partial charge in [-0.2, -0.15) is 0 Å². The van der Waals surface area contributed by atoms with E-state index in [1.54, 1.807) is 32.0 Å². The third kappa shape index (κ3) is 2.76. The van der Waals surface area contributed by atoms with Gasteiger partial charge in [0.2, 0.25) is 0 Å². The number of Topliss-reactive ketones (excluding diaryl/α,β-unsaturated/α-hetero) is 1. The number of rotatable bonds is 4. The average Bonchev–Trinajstić information content (AvgIpc) is 2.46. The normalized spacial score (nSPS) is 18.5. The second kappa shape index (κ2) is 5.94. The van der Waals surface area contributed by atoms with E-state index in [2.05, 4.69) is 0 Å². The number of hydrogen-bond acceptors (Lipinski definition) is 5. The van der Waals surface area contributed by atoms with Gasteiger partial charge in [-0.15, -0.1) is 0 Å². The Bertz CT molecular complexity index is 509. The summed E-state index contributed by atoms with van der Waals surface area (Å²) in [6, 6.07) is 7.14. The van der Waals surface area contributed by atoms with Gasteiger partial charge in [0.15, 0.2) is 23.4 Å². The lowest BCUT2D eigenvalue weighted by Gasteiger charge is -2.28. The molecule has 1 heterocycles. The van der Waals surface area contributed by atoms with Crippen LogP contribution in [-0.4, -0.2) is 31.6 Å². The maximum absolute atomic E-state index is 12.4. The molecule has 0 saturated heterocycles. The predicted molar refractivity (Wildman–Crippen MR) is 71.7 cm³/mol. The Morgan fingerprint density at radius 2 is 1.90 bits per heavy atom. The fourth-order valence-electron chi connectivity index (χ4n) is 2.20. The van der Waals surface area contributed by atoms with E-state index in [9.17, 15) is 9.59 Å². The van der Waals surface area contributed by atoms with Crippen LogP contribution in [0.25, 0.3) is 0 Å². The van der Waals surface area contributed by atoms with Crippen LogP contribution in [0.4, 0.5) is 0 Å². The summed E-state index contributed by atoms with van der Waals surface area (Å²) in [4.78, 5) is 24.2. The lowest BCUT2D eigenvalue weighted by Crippen LogP contribution is -2.44. The molecule has 2 unspecified atom stereocenters. The zero-order chi connectivity index (χ0) is 14.7. The zero-order valence-electron chi connectivity index (χ0n) is 11.8. The number of ketones is 1. The lowest BCUT2D eigenvalue weighted by atomic mass is 9.89. The van der Waals surface area contributed by atoms with Crippen molar-refractivity contribution < 1.29 is 23.8 Å². The minimum atomic E-state index is -0.834. The number of para-hydroxylation sites is 2. The summed E-state index contributed by atoms with van der Waals surface area (Å²) in [5.41, 5.74) is 0. The molecule has 2 atom stereocenters. The van der Waals surface area contributed by atoms with Crippen molar-refractivity contribution in [3.63, 3.8) is 0 Å². The van der Waals surface area contributed by atoms with Crippen LogP contribution in [0.15, 0.2) is 24.3 Å². The third-order valence-corrected chi connectivity index (χ3v) is 3.25. The van der Waals surface area contributed by atoms with Crippen LogP contribution in [0.3, 0.4) is 0 Å². The van der Waals surface area contributed by atoms with E-state index in [1.165, 1.54) is 7.11 Å². The average molecular weight is 278 g/mol. The molecule has 1 aliphatic rings. The van der Waals surface area contributed by atoms with Crippen molar-refractivity contribution in [3.8, 4) is 11.5 Å². The van der Waals surface area contributed by atoms with Crippen molar-refractivity contribution in [2.75, 3.05) is 13.7 Å². The maximum Gasteiger partial charge on any atom is 0.316 e. The van der Waals surface area contributed by atoms with Gasteiger partial charge in [0.05, 0.1) is 7.11 Å². The number of ether oxygens (including phenoxy) is 3. The second-order valence-corrected chi connectivity index (χ2v) is 5.01. The number of benzene rings is 1. The first-order chi connectivity index (χ1) is 9.54. The number of fused-ring (bicyclic) bond motifs is 1. The molecular weight excluding hydrogens is 260 g/mol. The quantitative estimate of drug-likeness (QED) is 0.621. The van der Waals surface area contributed by atoms with Gasteiger partial charge in [0.1, 0.15) is 12.5 Å². The third-order valence-electron chi connectivity index (χ3n) is 3.25. The predicted octanol–water partition coefficient (Wildman–Crippen LogP) is 1.84. The van der Waals surface area contributed by atoms with Gasteiger partial charge in [-0.3, -0.25) is 9.59 Å². The van der Waals surface area contributed by atoms with Crippen LogP contribution in [0, 0.1) is 11.8 Å². The summed E-state index contributed by atoms with van der Waals surface area (Å²) in [6.45, 7) is 3.71. The first kappa shape index (κ1) is 14.4. The lowest BCUT2D eigenvalue weighted by molar-refractivity contribution is -0.154. The molecule has 0 spiro atoms. The van der Waals surface area contributed by atoms with Gasteiger partial charge in [0.25, 0.3) is 0 Å². The highest BCUT2D eigenvalue weighted by Crippen LogP contribution is 2.32. The minimum absolute atomic E-state index is 0.107. The molecule has 0 bridgehead atoms. The second-order valence-electron chi connectivity index (χ2n) is 5.01. The highest BCUT2D eigenvalue weighted by molar-refractivity contribution is 6.01. The Labute approximate surface area is 117 Å². The summed E-state index contributed by atoms with van der Waals surface area (Å²) in [5, 5.41) is 0. The van der Waals surface area contributed by atoms with Gasteiger partial charge < -0.3 is 14.2 Å². The molecule has 5 nitrogen and oxygen atoms in total. The minimum Gasteiger partial charge on any atom is -0.485 e. The highest BCUT2D eigenvalue weighted by atomic mass is 16.6. The Hall–Kier alpha value is -2.04. The van der Waals surface area contributed by atoms with E-state index in [0.29, 0.717) is 11.5 Å². The van der Waals surface area contributed by atoms with E-state index < -0.39 is 18.0 Å². The molecule has 1 aliphatic heterocycles. The Morgan fingerprint density at radius 1 is 1.25 bits per heavy atom. The number of carbonyl (C=O) groups is 2. The van der Waals surface area contributed by atoms with E-state index in [0.717, 1.165) is 0 Å². The molecule has 1 aromatic carbocycles. The highest BCUT2D eigenvalue weighted by Gasteiger charge is 2.38. The van der Waals surface area contributed by atoms with Crippen LogP contribution in [0.5, 0.6) is 11.5 Å². The molecule has 0 N–H and O–H groups in total. The SMILES string of the molecule is COC(=O)C(C(=O)C1COc2ccccc2O1)C(C)C. The van der Waals surface area contributed by atoms with E-state index >= 15 is 0 Å². The fourth-order valence-corrected chi connectivity index (χ4v) is 2.20. The molecule has 0 aliphatic carbocycles. The van der Waals surface area contributed by atoms with Crippen molar-refractivity contribution in [2.24, 2.45) is 11.8 Å². The Morgan fingerprint density at radius 3 is 2.50 bits per heavy atom. The van der Waals surface area contributed by atoms with Gasteiger partial charge in [-0.1, -0.05) is 26.0 Å². The summed E-state index contributed by atoms with van der Waals surface area (Å²) in [6.07, 6.45) is -0.781. The van der Waals surface area contributed by atoms with Crippen molar-refractivity contribution in [3.05, 3.63) is 24.3 Å². The molecule has 20 heavy (non-hydrogen) atoms. The number of hydrogen-bond donors (Lipinski definition) is 0. The smallest absolute Gasteiger partial charge is 0.316 e. The molecule has 0 radical (unpaired) electrons. The van der Waals surface area contributed by atoms with Gasteiger partial charge in [0, 0.05) is 0 Å². The van der Waals surface area contributed by atoms with Gasteiger partial charge >= 0.3 is 5.97 Å². The number of methoxy groups -OCH3 is 1. The van der Waals surface area contributed by atoms with Crippen molar-refractivity contribution in [2.45, 2.75) is 20.0 Å². The topological polar surface area (TPSA) is 61.8 Å². The molecule has 0 aromatic heterocycles. The Balaban J connectivity index is 2.16. The van der Waals surface area contributed by atoms with Crippen LogP contribution < -0.4 is 9.47 Å². The maximum atomic E-state index is 12.4. The van der Waals surface area contributed by atoms with Crippen LogP contribution in [-0.2, 0) is 14.3 Å². The standard InChI is InChI=1S/C15H18O5/c1-9(2)13(15(17)18-3)14(16)12-8-19-10-6-4-5-7-11(10)20-12/h4-7,9,12-13H,8H2,1-3H3. The van der Waals surface area contributed by atoms with E-state index in [4.69, 9.17) is 14.2 Å².